The molecule has 7 nitrogen and oxygen atoms in total. The molecule has 158 valence electrons. The number of halogens is 1. The Morgan fingerprint density at radius 3 is 2.61 bits per heavy atom. The quantitative estimate of drug-likeness (QED) is 0.412. The van der Waals surface area contributed by atoms with Crippen molar-refractivity contribution >= 4 is 34.2 Å². The summed E-state index contributed by atoms with van der Waals surface area (Å²) in [6.07, 6.45) is -1.25. The molecule has 4 rings (SSSR count). The van der Waals surface area contributed by atoms with Crippen LogP contribution in [-0.2, 0) is 11.3 Å². The normalized spacial score (nSPS) is 11.9. The summed E-state index contributed by atoms with van der Waals surface area (Å²) in [5, 5.41) is 15.5. The Hall–Kier alpha value is -3.71. The lowest BCUT2D eigenvalue weighted by Crippen LogP contribution is -2.18. The minimum absolute atomic E-state index is 0.195. The van der Waals surface area contributed by atoms with Crippen LogP contribution >= 0.6 is 11.6 Å². The molecule has 31 heavy (non-hydrogen) atoms. The average Bonchev–Trinajstić information content (AvgIpc) is 3.09. The molecule has 1 heterocycles. The number of fused-ring (bicyclic) bond motifs is 1. The van der Waals surface area contributed by atoms with Crippen LogP contribution in [0.25, 0.3) is 10.9 Å². The molecule has 0 amide bonds. The number of aliphatic carboxylic acids is 1. The van der Waals surface area contributed by atoms with Crippen molar-refractivity contribution < 1.29 is 19.4 Å². The Labute approximate surface area is 183 Å². The topological polar surface area (TPSA) is 99.6 Å². The van der Waals surface area contributed by atoms with Gasteiger partial charge in [-0.05, 0) is 48.0 Å². The number of carbonyl (C=O) groups is 1. The lowest BCUT2D eigenvalue weighted by Gasteiger charge is -2.14. The van der Waals surface area contributed by atoms with Gasteiger partial charge in [-0.25, -0.2) is 4.79 Å². The van der Waals surface area contributed by atoms with Crippen molar-refractivity contribution in [2.45, 2.75) is 12.6 Å². The Morgan fingerprint density at radius 1 is 1.16 bits per heavy atom. The molecule has 0 aliphatic rings. The number of hydrogen-bond acceptors (Lipinski definition) is 5. The van der Waals surface area contributed by atoms with Crippen LogP contribution in [0.5, 0.6) is 11.6 Å². The summed E-state index contributed by atoms with van der Waals surface area (Å²) in [4.78, 5) is 12.0. The van der Waals surface area contributed by atoms with Crippen molar-refractivity contribution in [2.75, 3.05) is 12.8 Å². The minimum Gasteiger partial charge on any atom is -0.497 e. The predicted molar refractivity (Wildman–Crippen MR) is 119 cm³/mol. The van der Waals surface area contributed by atoms with Gasteiger partial charge in [0, 0.05) is 16.3 Å². The van der Waals surface area contributed by atoms with Crippen LogP contribution in [0.2, 0.25) is 5.02 Å². The van der Waals surface area contributed by atoms with Gasteiger partial charge in [-0.1, -0.05) is 35.9 Å². The number of aromatic nitrogens is 2. The second kappa shape index (κ2) is 8.57. The maximum Gasteiger partial charge on any atom is 0.349 e. The Morgan fingerprint density at radius 2 is 1.94 bits per heavy atom. The number of nitrogens with zero attached hydrogens (tertiary/aromatic N) is 2. The van der Waals surface area contributed by atoms with Crippen LogP contribution in [0, 0.1) is 0 Å². The highest BCUT2D eigenvalue weighted by molar-refractivity contribution is 6.30. The summed E-state index contributed by atoms with van der Waals surface area (Å²) >= 11 is 5.93. The second-order valence-electron chi connectivity index (χ2n) is 6.98. The van der Waals surface area contributed by atoms with Gasteiger partial charge in [0.05, 0.1) is 24.6 Å². The van der Waals surface area contributed by atoms with Gasteiger partial charge < -0.3 is 20.3 Å². The van der Waals surface area contributed by atoms with Gasteiger partial charge in [-0.3, -0.25) is 4.68 Å². The molecular formula is C23H20ClN3O4. The molecule has 1 atom stereocenters. The van der Waals surface area contributed by atoms with Gasteiger partial charge in [0.1, 0.15) is 5.75 Å². The molecule has 3 aromatic carbocycles. The number of benzene rings is 3. The van der Waals surface area contributed by atoms with Crippen molar-refractivity contribution in [1.29, 1.82) is 0 Å². The van der Waals surface area contributed by atoms with Crippen LogP contribution < -0.4 is 15.2 Å². The second-order valence-corrected chi connectivity index (χ2v) is 7.42. The summed E-state index contributed by atoms with van der Waals surface area (Å²) in [5.74, 6) is -0.330. The van der Waals surface area contributed by atoms with E-state index in [9.17, 15) is 9.90 Å². The van der Waals surface area contributed by atoms with E-state index in [-0.39, 0.29) is 5.88 Å². The zero-order valence-corrected chi connectivity index (χ0v) is 17.4. The lowest BCUT2D eigenvalue weighted by atomic mass is 10.1. The van der Waals surface area contributed by atoms with Crippen LogP contribution in [0.3, 0.4) is 0 Å². The zero-order chi connectivity index (χ0) is 22.0. The molecule has 0 saturated heterocycles. The Balaban J connectivity index is 1.76. The third kappa shape index (κ3) is 4.41. The molecule has 0 saturated carbocycles. The summed E-state index contributed by atoms with van der Waals surface area (Å²) in [5.41, 5.74) is 8.74. The van der Waals surface area contributed by atoms with Crippen LogP contribution in [-0.4, -0.2) is 28.0 Å². The molecule has 0 spiro atoms. The fourth-order valence-electron chi connectivity index (χ4n) is 3.34. The van der Waals surface area contributed by atoms with E-state index in [1.54, 1.807) is 42.1 Å². The molecule has 0 fully saturated rings. The standard InChI is InChI=1S/C23H20ClN3O4/c1-30-18-9-10-20-19(12-18)22(26-27(20)13-14-3-2-4-17(25)11-14)31-21(23(28)29)15-5-7-16(24)8-6-15/h2-12,21H,13,25H2,1H3,(H,28,29). The Bertz CT molecular complexity index is 1240. The summed E-state index contributed by atoms with van der Waals surface area (Å²) < 4.78 is 13.0. The van der Waals surface area contributed by atoms with Crippen LogP contribution in [0.15, 0.2) is 66.7 Å². The van der Waals surface area contributed by atoms with Gasteiger partial charge in [0.15, 0.2) is 0 Å². The van der Waals surface area contributed by atoms with Gasteiger partial charge >= 0.3 is 5.97 Å². The number of hydrogen-bond donors (Lipinski definition) is 2. The van der Waals surface area contributed by atoms with E-state index in [1.807, 2.05) is 36.4 Å². The molecule has 1 unspecified atom stereocenters. The largest absolute Gasteiger partial charge is 0.497 e. The van der Waals surface area contributed by atoms with Gasteiger partial charge in [-0.2, -0.15) is 0 Å². The monoisotopic (exact) mass is 437 g/mol. The van der Waals surface area contributed by atoms with E-state index in [4.69, 9.17) is 26.8 Å². The molecule has 0 radical (unpaired) electrons. The molecule has 8 heteroatoms. The lowest BCUT2D eigenvalue weighted by molar-refractivity contribution is -0.145. The van der Waals surface area contributed by atoms with E-state index >= 15 is 0 Å². The van der Waals surface area contributed by atoms with Crippen molar-refractivity contribution in [1.82, 2.24) is 9.78 Å². The summed E-state index contributed by atoms with van der Waals surface area (Å²) in [7, 11) is 1.56. The van der Waals surface area contributed by atoms with Gasteiger partial charge in [0.2, 0.25) is 12.0 Å². The number of methoxy groups -OCH3 is 1. The first kappa shape index (κ1) is 20.6. The highest BCUT2D eigenvalue weighted by Crippen LogP contribution is 2.33. The zero-order valence-electron chi connectivity index (χ0n) is 16.7. The Kier molecular flexibility index (Phi) is 5.68. The minimum atomic E-state index is -1.25. The molecule has 0 bridgehead atoms. The summed E-state index contributed by atoms with van der Waals surface area (Å²) in [6.45, 7) is 0.440. The SMILES string of the molecule is COc1ccc2c(c1)c(OC(C(=O)O)c1ccc(Cl)cc1)nn2Cc1cccc(N)c1. The average molecular weight is 438 g/mol. The molecule has 3 N–H and O–H groups in total. The molecule has 4 aromatic rings. The molecular weight excluding hydrogens is 418 g/mol. The fraction of sp³-hybridized carbons (Fsp3) is 0.130. The smallest absolute Gasteiger partial charge is 0.349 e. The molecule has 0 aliphatic heterocycles. The first-order valence-corrected chi connectivity index (χ1v) is 9.86. The van der Waals surface area contributed by atoms with Crippen molar-refractivity contribution in [3.63, 3.8) is 0 Å². The van der Waals surface area contributed by atoms with Gasteiger partial charge in [-0.15, -0.1) is 5.10 Å². The van der Waals surface area contributed by atoms with Gasteiger partial charge in [0.25, 0.3) is 0 Å². The van der Waals surface area contributed by atoms with E-state index in [1.165, 1.54) is 0 Å². The summed E-state index contributed by atoms with van der Waals surface area (Å²) in [6, 6.07) is 19.4. The number of nitrogens with two attached hydrogens (primary N) is 1. The molecule has 0 aliphatic carbocycles. The third-order valence-corrected chi connectivity index (χ3v) is 5.09. The van der Waals surface area contributed by atoms with Crippen molar-refractivity contribution in [3.05, 3.63) is 82.9 Å². The predicted octanol–water partition coefficient (Wildman–Crippen LogP) is 4.53. The van der Waals surface area contributed by atoms with E-state index in [0.29, 0.717) is 34.0 Å². The highest BCUT2D eigenvalue weighted by Gasteiger charge is 2.25. The first-order chi connectivity index (χ1) is 14.9. The number of ether oxygens (including phenoxy) is 2. The van der Waals surface area contributed by atoms with Crippen LogP contribution in [0.1, 0.15) is 17.2 Å². The van der Waals surface area contributed by atoms with Crippen molar-refractivity contribution in [2.24, 2.45) is 0 Å². The maximum atomic E-state index is 12.0. The maximum absolute atomic E-state index is 12.0. The van der Waals surface area contributed by atoms with E-state index in [0.717, 1.165) is 11.1 Å². The number of carboxylic acids is 1. The fourth-order valence-corrected chi connectivity index (χ4v) is 3.46. The number of rotatable bonds is 7. The van der Waals surface area contributed by atoms with E-state index in [2.05, 4.69) is 5.10 Å². The number of carboxylic acid groups (broad SMARTS) is 1. The van der Waals surface area contributed by atoms with Crippen LogP contribution in [0.4, 0.5) is 5.69 Å². The highest BCUT2D eigenvalue weighted by atomic mass is 35.5. The third-order valence-electron chi connectivity index (χ3n) is 4.83. The number of anilines is 1. The van der Waals surface area contributed by atoms with Crippen molar-refractivity contribution in [3.8, 4) is 11.6 Å². The molecule has 1 aromatic heterocycles. The van der Waals surface area contributed by atoms with E-state index < -0.39 is 12.1 Å². The number of nitrogen functional groups attached to an aromatic ring is 1. The first-order valence-electron chi connectivity index (χ1n) is 9.48.